The molecule has 0 radical (unpaired) electrons. The summed E-state index contributed by atoms with van der Waals surface area (Å²) >= 11 is 5.70. The van der Waals surface area contributed by atoms with Crippen molar-refractivity contribution in [1.29, 1.82) is 0 Å². The van der Waals surface area contributed by atoms with Gasteiger partial charge in [0.1, 0.15) is 0 Å². The van der Waals surface area contributed by atoms with Crippen molar-refractivity contribution in [3.63, 3.8) is 0 Å². The van der Waals surface area contributed by atoms with Crippen molar-refractivity contribution in [1.82, 2.24) is 0 Å². The molecule has 0 fully saturated rings. The van der Waals surface area contributed by atoms with Gasteiger partial charge in [-0.15, -0.1) is 0 Å². The molecule has 0 N–H and O–H groups in total. The van der Waals surface area contributed by atoms with Crippen molar-refractivity contribution in [3.8, 4) is 0 Å². The molecule has 4 nitrogen and oxygen atoms in total. The number of carboxylic acids is 1. The predicted molar refractivity (Wildman–Crippen MR) is 67.7 cm³/mol. The SMILES string of the molecule is O=C([O-])c1ccc(S(=O)(=O)c2ccc(Cl)cc2)cc1. The summed E-state index contributed by atoms with van der Waals surface area (Å²) in [4.78, 5) is 10.7. The molecule has 0 atom stereocenters. The third-order valence-corrected chi connectivity index (χ3v) is 4.56. The second kappa shape index (κ2) is 5.03. The van der Waals surface area contributed by atoms with E-state index in [4.69, 9.17) is 11.6 Å². The lowest BCUT2D eigenvalue weighted by Gasteiger charge is -2.06. The van der Waals surface area contributed by atoms with E-state index >= 15 is 0 Å². The first-order valence-electron chi connectivity index (χ1n) is 5.23. The summed E-state index contributed by atoms with van der Waals surface area (Å²) in [6, 6.07) is 10.6. The average molecular weight is 296 g/mol. The van der Waals surface area contributed by atoms with Gasteiger partial charge in [-0.1, -0.05) is 23.7 Å². The maximum absolute atomic E-state index is 12.2. The van der Waals surface area contributed by atoms with Gasteiger partial charge in [0, 0.05) is 5.02 Å². The number of aromatic carboxylic acids is 1. The van der Waals surface area contributed by atoms with E-state index in [1.54, 1.807) is 0 Å². The number of benzene rings is 2. The van der Waals surface area contributed by atoms with Crippen LogP contribution in [-0.4, -0.2) is 14.4 Å². The number of hydrogen-bond acceptors (Lipinski definition) is 4. The Balaban J connectivity index is 2.44. The number of carbonyl (C=O) groups is 1. The Bertz CT molecular complexity index is 703. The lowest BCUT2D eigenvalue weighted by atomic mass is 10.2. The first-order valence-corrected chi connectivity index (χ1v) is 7.09. The Morgan fingerprint density at radius 1 is 0.895 bits per heavy atom. The highest BCUT2D eigenvalue weighted by Crippen LogP contribution is 2.22. The number of sulfone groups is 1. The van der Waals surface area contributed by atoms with E-state index in [0.717, 1.165) is 0 Å². The van der Waals surface area contributed by atoms with E-state index < -0.39 is 15.8 Å². The minimum atomic E-state index is -3.67. The van der Waals surface area contributed by atoms with Crippen LogP contribution in [0.25, 0.3) is 0 Å². The lowest BCUT2D eigenvalue weighted by Crippen LogP contribution is -2.22. The summed E-state index contributed by atoms with van der Waals surface area (Å²) in [7, 11) is -3.67. The van der Waals surface area contributed by atoms with E-state index in [-0.39, 0.29) is 15.4 Å². The molecule has 0 aliphatic carbocycles. The minimum Gasteiger partial charge on any atom is -0.545 e. The molecule has 0 aliphatic heterocycles. The van der Waals surface area contributed by atoms with Gasteiger partial charge in [0.05, 0.1) is 15.8 Å². The van der Waals surface area contributed by atoms with E-state index in [1.165, 1.54) is 48.5 Å². The number of rotatable bonds is 3. The normalized spacial score (nSPS) is 11.2. The summed E-state index contributed by atoms with van der Waals surface area (Å²) in [6.07, 6.45) is 0. The standard InChI is InChI=1S/C13H9ClO4S/c14-10-3-7-12(8-4-10)19(17,18)11-5-1-9(2-6-11)13(15)16/h1-8H,(H,15,16)/p-1. The van der Waals surface area contributed by atoms with Crippen molar-refractivity contribution in [2.75, 3.05) is 0 Å². The van der Waals surface area contributed by atoms with Gasteiger partial charge >= 0.3 is 0 Å². The fourth-order valence-corrected chi connectivity index (χ4v) is 2.91. The van der Waals surface area contributed by atoms with Crippen LogP contribution in [0.5, 0.6) is 0 Å². The van der Waals surface area contributed by atoms with Crippen LogP contribution in [0.3, 0.4) is 0 Å². The van der Waals surface area contributed by atoms with Crippen molar-refractivity contribution in [2.45, 2.75) is 9.79 Å². The van der Waals surface area contributed by atoms with Gasteiger partial charge in [-0.05, 0) is 42.0 Å². The van der Waals surface area contributed by atoms with E-state index in [0.29, 0.717) is 5.02 Å². The molecule has 19 heavy (non-hydrogen) atoms. The first kappa shape index (κ1) is 13.6. The van der Waals surface area contributed by atoms with Crippen molar-refractivity contribution in [3.05, 3.63) is 59.1 Å². The second-order valence-corrected chi connectivity index (χ2v) is 6.16. The quantitative estimate of drug-likeness (QED) is 0.861. The summed E-state index contributed by atoms with van der Waals surface area (Å²) in [6.45, 7) is 0. The summed E-state index contributed by atoms with van der Waals surface area (Å²) < 4.78 is 24.4. The molecule has 0 spiro atoms. The summed E-state index contributed by atoms with van der Waals surface area (Å²) in [5, 5.41) is 11.0. The zero-order chi connectivity index (χ0) is 14.0. The monoisotopic (exact) mass is 295 g/mol. The van der Waals surface area contributed by atoms with Crippen LogP contribution in [0, 0.1) is 0 Å². The third kappa shape index (κ3) is 2.77. The van der Waals surface area contributed by atoms with Crippen LogP contribution < -0.4 is 5.11 Å². The number of halogens is 1. The van der Waals surface area contributed by atoms with Gasteiger partial charge in [0.15, 0.2) is 0 Å². The molecule has 6 heteroatoms. The fraction of sp³-hybridized carbons (Fsp3) is 0. The molecule has 0 aromatic heterocycles. The van der Waals surface area contributed by atoms with Gasteiger partial charge in [-0.25, -0.2) is 8.42 Å². The molecule has 0 saturated heterocycles. The average Bonchev–Trinajstić information content (AvgIpc) is 2.39. The Kier molecular flexibility index (Phi) is 3.59. The zero-order valence-corrected chi connectivity index (χ0v) is 11.1. The lowest BCUT2D eigenvalue weighted by molar-refractivity contribution is -0.255. The predicted octanol–water partition coefficient (Wildman–Crippen LogP) is 1.54. The van der Waals surface area contributed by atoms with Crippen LogP contribution in [0.15, 0.2) is 58.3 Å². The topological polar surface area (TPSA) is 74.3 Å². The summed E-state index contributed by atoms with van der Waals surface area (Å²) in [5.74, 6) is -1.35. The number of hydrogen-bond donors (Lipinski definition) is 0. The molecule has 0 unspecified atom stereocenters. The highest BCUT2D eigenvalue weighted by molar-refractivity contribution is 7.91. The Labute approximate surface area is 115 Å². The van der Waals surface area contributed by atoms with Crippen LogP contribution in [0.1, 0.15) is 10.4 Å². The minimum absolute atomic E-state index is 0.0137. The van der Waals surface area contributed by atoms with E-state index in [9.17, 15) is 18.3 Å². The van der Waals surface area contributed by atoms with E-state index in [2.05, 4.69) is 0 Å². The van der Waals surface area contributed by atoms with Crippen LogP contribution in [0.2, 0.25) is 5.02 Å². The van der Waals surface area contributed by atoms with Gasteiger partial charge in [-0.3, -0.25) is 0 Å². The molecule has 0 heterocycles. The Morgan fingerprint density at radius 3 is 1.74 bits per heavy atom. The van der Waals surface area contributed by atoms with Gasteiger partial charge < -0.3 is 9.90 Å². The van der Waals surface area contributed by atoms with Crippen LogP contribution >= 0.6 is 11.6 Å². The van der Waals surface area contributed by atoms with Gasteiger partial charge in [-0.2, -0.15) is 0 Å². The number of carbonyl (C=O) groups excluding carboxylic acids is 1. The molecular weight excluding hydrogens is 288 g/mol. The summed E-state index contributed by atoms with van der Waals surface area (Å²) in [5.41, 5.74) is -0.0740. The van der Waals surface area contributed by atoms with Crippen molar-refractivity contribution < 1.29 is 18.3 Å². The molecule has 0 bridgehead atoms. The second-order valence-electron chi connectivity index (χ2n) is 3.77. The third-order valence-electron chi connectivity index (χ3n) is 2.52. The van der Waals surface area contributed by atoms with Crippen LogP contribution in [-0.2, 0) is 9.84 Å². The van der Waals surface area contributed by atoms with Crippen molar-refractivity contribution >= 4 is 27.4 Å². The maximum atomic E-state index is 12.2. The molecule has 2 aromatic rings. The molecule has 98 valence electrons. The highest BCUT2D eigenvalue weighted by atomic mass is 35.5. The largest absolute Gasteiger partial charge is 0.545 e. The van der Waals surface area contributed by atoms with Crippen molar-refractivity contribution in [2.24, 2.45) is 0 Å². The number of carboxylic acid groups (broad SMARTS) is 1. The van der Waals surface area contributed by atoms with Gasteiger partial charge in [0.25, 0.3) is 0 Å². The molecule has 2 rings (SSSR count). The molecule has 0 amide bonds. The highest BCUT2D eigenvalue weighted by Gasteiger charge is 2.17. The first-order chi connectivity index (χ1) is 8.91. The smallest absolute Gasteiger partial charge is 0.206 e. The molecular formula is C13H8ClO4S-. The van der Waals surface area contributed by atoms with E-state index in [1.807, 2.05) is 0 Å². The Hall–Kier alpha value is -1.85. The molecule has 2 aromatic carbocycles. The molecule has 0 saturated carbocycles. The Morgan fingerprint density at radius 2 is 1.32 bits per heavy atom. The molecule has 0 aliphatic rings. The fourth-order valence-electron chi connectivity index (χ4n) is 1.52. The zero-order valence-electron chi connectivity index (χ0n) is 9.54. The van der Waals surface area contributed by atoms with Gasteiger partial charge in [0.2, 0.25) is 9.84 Å². The maximum Gasteiger partial charge on any atom is 0.206 e. The van der Waals surface area contributed by atoms with Crippen LogP contribution in [0.4, 0.5) is 0 Å².